The number of aromatic nitrogens is 1. The summed E-state index contributed by atoms with van der Waals surface area (Å²) in [4.78, 5) is 7.48. The average Bonchev–Trinajstić information content (AvgIpc) is 2.60. The van der Waals surface area contributed by atoms with Crippen LogP contribution < -0.4 is 10.2 Å². The topological polar surface area (TPSA) is 45.2 Å². The van der Waals surface area contributed by atoms with Crippen molar-refractivity contribution in [3.63, 3.8) is 0 Å². The van der Waals surface area contributed by atoms with Gasteiger partial charge in [0.05, 0.1) is 0 Å². The molecule has 0 fully saturated rings. The summed E-state index contributed by atoms with van der Waals surface area (Å²) in [6.45, 7) is 1.60. The molecule has 15 heavy (non-hydrogen) atoms. The maximum atomic E-state index is 10.8. The third kappa shape index (κ3) is 4.72. The number of hydrogen-bond donors (Lipinski definition) is 1. The minimum Gasteiger partial charge on any atom is -0.354 e. The van der Waals surface area contributed by atoms with Crippen molar-refractivity contribution >= 4 is 27.3 Å². The molecule has 0 saturated carbocycles. The third-order valence-electron chi connectivity index (χ3n) is 1.79. The van der Waals surface area contributed by atoms with Gasteiger partial charge in [-0.3, -0.25) is 4.21 Å². The summed E-state index contributed by atoms with van der Waals surface area (Å²) in [6, 6.07) is 0. The molecule has 1 unspecified atom stereocenters. The van der Waals surface area contributed by atoms with Crippen LogP contribution in [-0.4, -0.2) is 41.8 Å². The van der Waals surface area contributed by atoms with E-state index in [4.69, 9.17) is 0 Å². The number of thiazole rings is 1. The molecular formula is C9H17N3OS2. The number of hydrogen-bond acceptors (Lipinski definition) is 5. The Kier molecular flexibility index (Phi) is 5.21. The van der Waals surface area contributed by atoms with Gasteiger partial charge in [0.15, 0.2) is 5.13 Å². The van der Waals surface area contributed by atoms with Crippen LogP contribution >= 0.6 is 11.3 Å². The van der Waals surface area contributed by atoms with Crippen molar-refractivity contribution in [1.82, 2.24) is 10.3 Å². The molecule has 1 atom stereocenters. The van der Waals surface area contributed by atoms with Crippen molar-refractivity contribution in [1.29, 1.82) is 0 Å². The highest BCUT2D eigenvalue weighted by Crippen LogP contribution is 2.19. The number of anilines is 1. The molecule has 0 amide bonds. The molecule has 0 aromatic carbocycles. The van der Waals surface area contributed by atoms with Gasteiger partial charge in [0.2, 0.25) is 0 Å². The van der Waals surface area contributed by atoms with Gasteiger partial charge in [0.25, 0.3) is 0 Å². The lowest BCUT2D eigenvalue weighted by Crippen LogP contribution is -2.19. The molecule has 1 aromatic heterocycles. The minimum absolute atomic E-state index is 0.708. The second-order valence-electron chi connectivity index (χ2n) is 3.46. The lowest BCUT2D eigenvalue weighted by atomic mass is 10.5. The van der Waals surface area contributed by atoms with Crippen LogP contribution in [0.3, 0.4) is 0 Å². The predicted octanol–water partition coefficient (Wildman–Crippen LogP) is 0.677. The quantitative estimate of drug-likeness (QED) is 0.751. The van der Waals surface area contributed by atoms with Crippen molar-refractivity contribution in [2.75, 3.05) is 37.5 Å². The Morgan fingerprint density at radius 2 is 2.33 bits per heavy atom. The maximum absolute atomic E-state index is 10.8. The highest BCUT2D eigenvalue weighted by Gasteiger charge is 2.02. The fourth-order valence-corrected chi connectivity index (χ4v) is 2.25. The molecule has 4 nitrogen and oxygen atoms in total. The highest BCUT2D eigenvalue weighted by atomic mass is 32.2. The molecule has 1 heterocycles. The van der Waals surface area contributed by atoms with E-state index in [2.05, 4.69) is 10.3 Å². The summed E-state index contributed by atoms with van der Waals surface area (Å²) < 4.78 is 10.8. The van der Waals surface area contributed by atoms with Crippen molar-refractivity contribution in [2.45, 2.75) is 6.54 Å². The first kappa shape index (κ1) is 12.6. The van der Waals surface area contributed by atoms with Gasteiger partial charge in [-0.2, -0.15) is 0 Å². The van der Waals surface area contributed by atoms with E-state index < -0.39 is 10.8 Å². The van der Waals surface area contributed by atoms with Gasteiger partial charge >= 0.3 is 0 Å². The Bertz CT molecular complexity index is 325. The summed E-state index contributed by atoms with van der Waals surface area (Å²) >= 11 is 1.68. The lowest BCUT2D eigenvalue weighted by molar-refractivity contribution is 0.677. The zero-order valence-electron chi connectivity index (χ0n) is 9.32. The smallest absolute Gasteiger partial charge is 0.185 e. The summed E-state index contributed by atoms with van der Waals surface area (Å²) in [6.07, 6.45) is 3.61. The van der Waals surface area contributed by atoms with Crippen LogP contribution in [0.4, 0.5) is 5.13 Å². The molecule has 0 saturated heterocycles. The minimum atomic E-state index is -0.709. The SMILES string of the molecule is CN(C)c1ncc(CNCCS(C)=O)s1. The van der Waals surface area contributed by atoms with Crippen LogP contribution in [0.1, 0.15) is 4.88 Å². The Morgan fingerprint density at radius 1 is 1.60 bits per heavy atom. The van der Waals surface area contributed by atoms with Gasteiger partial charge in [-0.1, -0.05) is 0 Å². The van der Waals surface area contributed by atoms with Gasteiger partial charge in [-0.25, -0.2) is 4.98 Å². The monoisotopic (exact) mass is 247 g/mol. The normalized spacial score (nSPS) is 12.7. The van der Waals surface area contributed by atoms with Crippen LogP contribution in [0.15, 0.2) is 6.20 Å². The number of rotatable bonds is 6. The van der Waals surface area contributed by atoms with E-state index in [0.29, 0.717) is 5.75 Å². The first-order valence-electron chi connectivity index (χ1n) is 4.72. The fraction of sp³-hybridized carbons (Fsp3) is 0.667. The average molecular weight is 247 g/mol. The van der Waals surface area contributed by atoms with E-state index in [-0.39, 0.29) is 0 Å². The largest absolute Gasteiger partial charge is 0.354 e. The van der Waals surface area contributed by atoms with E-state index in [0.717, 1.165) is 18.2 Å². The van der Waals surface area contributed by atoms with Gasteiger partial charge in [0.1, 0.15) is 0 Å². The molecule has 86 valence electrons. The molecule has 1 rings (SSSR count). The Hall–Kier alpha value is -0.460. The van der Waals surface area contributed by atoms with Gasteiger partial charge in [-0.15, -0.1) is 11.3 Å². The molecule has 0 bridgehead atoms. The second-order valence-corrected chi connectivity index (χ2v) is 6.11. The highest BCUT2D eigenvalue weighted by molar-refractivity contribution is 7.84. The van der Waals surface area contributed by atoms with Crippen molar-refractivity contribution < 1.29 is 4.21 Å². The summed E-state index contributed by atoms with van der Waals surface area (Å²) in [5.41, 5.74) is 0. The standard InChI is InChI=1S/C9H17N3OS2/c1-12(2)9-11-7-8(14-9)6-10-4-5-15(3)13/h7,10H,4-6H2,1-3H3. The van der Waals surface area contributed by atoms with Crippen LogP contribution in [-0.2, 0) is 17.3 Å². The van der Waals surface area contributed by atoms with Crippen molar-refractivity contribution in [2.24, 2.45) is 0 Å². The van der Waals surface area contributed by atoms with Crippen molar-refractivity contribution in [3.05, 3.63) is 11.1 Å². The molecular weight excluding hydrogens is 230 g/mol. The molecule has 0 spiro atoms. The molecule has 0 radical (unpaired) electrons. The zero-order valence-corrected chi connectivity index (χ0v) is 11.0. The van der Waals surface area contributed by atoms with E-state index in [1.165, 1.54) is 4.88 Å². The van der Waals surface area contributed by atoms with E-state index in [9.17, 15) is 4.21 Å². The Labute approximate surface area is 97.2 Å². The van der Waals surface area contributed by atoms with Crippen molar-refractivity contribution in [3.8, 4) is 0 Å². The third-order valence-corrected chi connectivity index (χ3v) is 3.73. The summed E-state index contributed by atoms with van der Waals surface area (Å²) in [5, 5.41) is 4.26. The van der Waals surface area contributed by atoms with E-state index in [1.54, 1.807) is 17.6 Å². The Morgan fingerprint density at radius 3 is 2.87 bits per heavy atom. The van der Waals surface area contributed by atoms with Gasteiger partial charge < -0.3 is 10.2 Å². The van der Waals surface area contributed by atoms with E-state index >= 15 is 0 Å². The number of nitrogens with zero attached hydrogens (tertiary/aromatic N) is 2. The van der Waals surface area contributed by atoms with Gasteiger partial charge in [0, 0.05) is 61.1 Å². The molecule has 1 N–H and O–H groups in total. The van der Waals surface area contributed by atoms with Crippen LogP contribution in [0.5, 0.6) is 0 Å². The molecule has 0 aliphatic rings. The first-order valence-corrected chi connectivity index (χ1v) is 7.26. The molecule has 0 aliphatic heterocycles. The summed E-state index contributed by atoms with van der Waals surface area (Å²) in [5.74, 6) is 0.708. The van der Waals surface area contributed by atoms with Gasteiger partial charge in [-0.05, 0) is 0 Å². The predicted molar refractivity (Wildman–Crippen MR) is 67.1 cm³/mol. The van der Waals surface area contributed by atoms with Crippen LogP contribution in [0.25, 0.3) is 0 Å². The first-order chi connectivity index (χ1) is 7.09. The number of nitrogens with one attached hydrogen (secondary N) is 1. The fourth-order valence-electron chi connectivity index (χ4n) is 1.01. The zero-order chi connectivity index (χ0) is 11.3. The maximum Gasteiger partial charge on any atom is 0.185 e. The molecule has 6 heteroatoms. The molecule has 1 aromatic rings. The molecule has 0 aliphatic carbocycles. The lowest BCUT2D eigenvalue weighted by Gasteiger charge is -2.05. The Balaban J connectivity index is 2.28. The van der Waals surface area contributed by atoms with E-state index in [1.807, 2.05) is 25.2 Å². The second kappa shape index (κ2) is 6.19. The van der Waals surface area contributed by atoms with Crippen LogP contribution in [0.2, 0.25) is 0 Å². The summed E-state index contributed by atoms with van der Waals surface area (Å²) in [7, 11) is 3.26. The van der Waals surface area contributed by atoms with Crippen LogP contribution in [0, 0.1) is 0 Å².